The lowest BCUT2D eigenvalue weighted by atomic mass is 10.2. The number of amides is 1. The van der Waals surface area contributed by atoms with Crippen molar-refractivity contribution in [2.75, 3.05) is 26.3 Å². The summed E-state index contributed by atoms with van der Waals surface area (Å²) in [6, 6.07) is 1.34. The number of nitro groups is 1. The fourth-order valence-corrected chi connectivity index (χ4v) is 1.93. The van der Waals surface area contributed by atoms with Gasteiger partial charge in [-0.25, -0.2) is 0 Å². The van der Waals surface area contributed by atoms with Gasteiger partial charge in [-0.2, -0.15) is 0 Å². The molecule has 1 aromatic rings. The Bertz CT molecular complexity index is 479. The van der Waals surface area contributed by atoms with Crippen molar-refractivity contribution in [3.63, 3.8) is 0 Å². The Balaban J connectivity index is 1.93. The van der Waals surface area contributed by atoms with Gasteiger partial charge in [0.15, 0.2) is 0 Å². The fourth-order valence-electron chi connectivity index (χ4n) is 1.93. The summed E-state index contributed by atoms with van der Waals surface area (Å²) < 4.78 is 6.71. The standard InChI is InChI=1S/C11H16N4O4/c1-14-6-9(15(17)18)4-10(14)11(16)13-5-8-7-19-3-2-12-8/h4,6,8,12H,2-3,5,7H2,1H3,(H,13,16). The SMILES string of the molecule is Cn1cc([N+](=O)[O-])cc1C(=O)NCC1COCCN1. The molecule has 19 heavy (non-hydrogen) atoms. The lowest BCUT2D eigenvalue weighted by Gasteiger charge is -2.23. The molecule has 104 valence electrons. The zero-order chi connectivity index (χ0) is 13.8. The molecule has 1 saturated heterocycles. The number of ether oxygens (including phenoxy) is 1. The van der Waals surface area contributed by atoms with E-state index in [0.717, 1.165) is 6.54 Å². The number of nitrogens with one attached hydrogen (secondary N) is 2. The van der Waals surface area contributed by atoms with Crippen LogP contribution in [0.15, 0.2) is 12.3 Å². The Morgan fingerprint density at radius 2 is 2.53 bits per heavy atom. The molecule has 8 heteroatoms. The molecular formula is C11H16N4O4. The molecule has 0 aromatic carbocycles. The van der Waals surface area contributed by atoms with E-state index in [9.17, 15) is 14.9 Å². The molecule has 1 amide bonds. The molecule has 8 nitrogen and oxygen atoms in total. The highest BCUT2D eigenvalue weighted by atomic mass is 16.6. The minimum atomic E-state index is -0.521. The van der Waals surface area contributed by atoms with Crippen molar-refractivity contribution in [2.24, 2.45) is 7.05 Å². The highest BCUT2D eigenvalue weighted by molar-refractivity contribution is 5.93. The van der Waals surface area contributed by atoms with Crippen LogP contribution in [-0.4, -0.2) is 47.7 Å². The first-order chi connectivity index (χ1) is 9.08. The van der Waals surface area contributed by atoms with Crippen LogP contribution < -0.4 is 10.6 Å². The van der Waals surface area contributed by atoms with Gasteiger partial charge in [-0.3, -0.25) is 14.9 Å². The first kappa shape index (κ1) is 13.5. The van der Waals surface area contributed by atoms with Crippen molar-refractivity contribution < 1.29 is 14.5 Å². The van der Waals surface area contributed by atoms with Crippen LogP contribution >= 0.6 is 0 Å². The maximum atomic E-state index is 11.9. The number of nitrogens with zero attached hydrogens (tertiary/aromatic N) is 2. The molecule has 0 radical (unpaired) electrons. The zero-order valence-corrected chi connectivity index (χ0v) is 10.6. The van der Waals surface area contributed by atoms with Crippen LogP contribution in [0.4, 0.5) is 5.69 Å². The highest BCUT2D eigenvalue weighted by Crippen LogP contribution is 2.14. The average molecular weight is 268 g/mol. The molecule has 1 atom stereocenters. The van der Waals surface area contributed by atoms with Crippen molar-refractivity contribution in [1.29, 1.82) is 0 Å². The molecule has 2 heterocycles. The first-order valence-electron chi connectivity index (χ1n) is 5.98. The Morgan fingerprint density at radius 1 is 1.74 bits per heavy atom. The minimum Gasteiger partial charge on any atom is -0.378 e. The third kappa shape index (κ3) is 3.30. The van der Waals surface area contributed by atoms with Crippen LogP contribution in [0.25, 0.3) is 0 Å². The fraction of sp³-hybridized carbons (Fsp3) is 0.545. The second-order valence-electron chi connectivity index (χ2n) is 4.39. The van der Waals surface area contributed by atoms with E-state index in [1.54, 1.807) is 7.05 Å². The molecule has 1 unspecified atom stereocenters. The van der Waals surface area contributed by atoms with E-state index >= 15 is 0 Å². The van der Waals surface area contributed by atoms with E-state index in [1.807, 2.05) is 0 Å². The van der Waals surface area contributed by atoms with E-state index in [0.29, 0.717) is 19.8 Å². The van der Waals surface area contributed by atoms with Crippen molar-refractivity contribution >= 4 is 11.6 Å². The van der Waals surface area contributed by atoms with Crippen molar-refractivity contribution in [2.45, 2.75) is 6.04 Å². The third-order valence-electron chi connectivity index (χ3n) is 2.94. The van der Waals surface area contributed by atoms with Gasteiger partial charge in [0.2, 0.25) is 0 Å². The van der Waals surface area contributed by atoms with Gasteiger partial charge in [0.1, 0.15) is 5.69 Å². The van der Waals surface area contributed by atoms with Gasteiger partial charge in [0.05, 0.1) is 24.3 Å². The van der Waals surface area contributed by atoms with Crippen LogP contribution in [0.2, 0.25) is 0 Å². The number of hydrogen-bond donors (Lipinski definition) is 2. The largest absolute Gasteiger partial charge is 0.378 e. The first-order valence-corrected chi connectivity index (χ1v) is 5.98. The Hall–Kier alpha value is -1.93. The van der Waals surface area contributed by atoms with Crippen LogP contribution in [0, 0.1) is 10.1 Å². The number of carbonyl (C=O) groups is 1. The van der Waals surface area contributed by atoms with Gasteiger partial charge in [0, 0.05) is 32.2 Å². The molecule has 1 aromatic heterocycles. The number of carbonyl (C=O) groups excluding carboxylic acids is 1. The summed E-state index contributed by atoms with van der Waals surface area (Å²) >= 11 is 0. The molecule has 0 saturated carbocycles. The maximum Gasteiger partial charge on any atom is 0.287 e. The molecule has 2 N–H and O–H groups in total. The van der Waals surface area contributed by atoms with Crippen LogP contribution in [0.3, 0.4) is 0 Å². The number of morpholine rings is 1. The molecule has 2 rings (SSSR count). The molecule has 0 bridgehead atoms. The molecule has 1 aliphatic heterocycles. The van der Waals surface area contributed by atoms with Gasteiger partial charge in [-0.1, -0.05) is 0 Å². The van der Waals surface area contributed by atoms with Gasteiger partial charge < -0.3 is 19.9 Å². The van der Waals surface area contributed by atoms with Crippen molar-refractivity contribution in [3.05, 3.63) is 28.1 Å². The summed E-state index contributed by atoms with van der Waals surface area (Å²) in [7, 11) is 1.60. The summed E-state index contributed by atoms with van der Waals surface area (Å²) in [5.74, 6) is -0.331. The summed E-state index contributed by atoms with van der Waals surface area (Å²) in [5, 5.41) is 16.6. The Morgan fingerprint density at radius 3 is 3.11 bits per heavy atom. The number of aromatic nitrogens is 1. The molecule has 1 aliphatic rings. The minimum absolute atomic E-state index is 0.0768. The normalized spacial score (nSPS) is 19.1. The smallest absolute Gasteiger partial charge is 0.287 e. The van der Waals surface area contributed by atoms with Gasteiger partial charge in [0.25, 0.3) is 11.6 Å². The second-order valence-corrected chi connectivity index (χ2v) is 4.39. The molecular weight excluding hydrogens is 252 g/mol. The topological polar surface area (TPSA) is 98.4 Å². The lowest BCUT2D eigenvalue weighted by Crippen LogP contribution is -2.48. The average Bonchev–Trinajstić information content (AvgIpc) is 2.80. The van der Waals surface area contributed by atoms with Crippen LogP contribution in [0.1, 0.15) is 10.5 Å². The lowest BCUT2D eigenvalue weighted by molar-refractivity contribution is -0.384. The molecule has 0 aliphatic carbocycles. The Labute approximate surface area is 109 Å². The third-order valence-corrected chi connectivity index (χ3v) is 2.94. The maximum absolute atomic E-state index is 11.9. The summed E-state index contributed by atoms with van der Waals surface area (Å²) in [5.41, 5.74) is 0.176. The summed E-state index contributed by atoms with van der Waals surface area (Å²) in [6.45, 7) is 2.41. The molecule has 0 spiro atoms. The van der Waals surface area contributed by atoms with Crippen LogP contribution in [0.5, 0.6) is 0 Å². The number of hydrogen-bond acceptors (Lipinski definition) is 5. The quantitative estimate of drug-likeness (QED) is 0.574. The zero-order valence-electron chi connectivity index (χ0n) is 10.6. The highest BCUT2D eigenvalue weighted by Gasteiger charge is 2.19. The van der Waals surface area contributed by atoms with E-state index in [2.05, 4.69) is 10.6 Å². The van der Waals surface area contributed by atoms with E-state index < -0.39 is 4.92 Å². The number of rotatable bonds is 4. The predicted molar refractivity (Wildman–Crippen MR) is 67.0 cm³/mol. The molecule has 1 fully saturated rings. The van der Waals surface area contributed by atoms with E-state index in [-0.39, 0.29) is 23.3 Å². The van der Waals surface area contributed by atoms with Crippen LogP contribution in [-0.2, 0) is 11.8 Å². The monoisotopic (exact) mass is 268 g/mol. The number of aryl methyl sites for hydroxylation is 1. The van der Waals surface area contributed by atoms with E-state index in [1.165, 1.54) is 16.8 Å². The van der Waals surface area contributed by atoms with Gasteiger partial charge in [-0.15, -0.1) is 0 Å². The van der Waals surface area contributed by atoms with Crippen molar-refractivity contribution in [1.82, 2.24) is 15.2 Å². The summed E-state index contributed by atoms with van der Waals surface area (Å²) in [6.07, 6.45) is 1.32. The second kappa shape index (κ2) is 5.81. The van der Waals surface area contributed by atoms with E-state index in [4.69, 9.17) is 4.74 Å². The summed E-state index contributed by atoms with van der Waals surface area (Å²) in [4.78, 5) is 22.0. The van der Waals surface area contributed by atoms with Gasteiger partial charge >= 0.3 is 0 Å². The van der Waals surface area contributed by atoms with Crippen molar-refractivity contribution in [3.8, 4) is 0 Å². The van der Waals surface area contributed by atoms with Gasteiger partial charge in [-0.05, 0) is 0 Å². The predicted octanol–water partition coefficient (Wildman–Crippen LogP) is -0.348. The Kier molecular flexibility index (Phi) is 4.13.